The molecule has 17 heteroatoms. The SMILES string of the molecule is CCCC[Si](C)(C)O[Si](C)(C)CCCCCCCCCCC(=O)NCCCCCCCCCCCCCCCCCCCC(CCC[Si](OC)(OC)OC)(CCC[Si](OC)(OC)OC)CCC[Si](OC)(OC)OC. The Balaban J connectivity index is 4.29. The number of carbonyl (C=O) groups excluding carboxylic acids is 1. The summed E-state index contributed by atoms with van der Waals surface area (Å²) in [4.78, 5) is 12.3. The molecule has 0 aromatic heterocycles. The fourth-order valence-electron chi connectivity index (χ4n) is 11.4. The molecule has 0 aliphatic rings. The molecule has 0 spiro atoms. The van der Waals surface area contributed by atoms with Gasteiger partial charge < -0.3 is 49.3 Å². The molecule has 0 rings (SSSR count). The number of rotatable bonds is 57. The van der Waals surface area contributed by atoms with Gasteiger partial charge in [-0.3, -0.25) is 4.79 Å². The van der Waals surface area contributed by atoms with E-state index in [1.807, 2.05) is 0 Å². The Morgan fingerprint density at radius 3 is 0.932 bits per heavy atom. The second-order valence-corrected chi connectivity index (χ2v) is 41.2. The van der Waals surface area contributed by atoms with Crippen LogP contribution >= 0.6 is 0 Å². The van der Waals surface area contributed by atoms with E-state index in [0.29, 0.717) is 6.42 Å². The molecular formula is C57H125NO11Si5. The predicted octanol–water partition coefficient (Wildman–Crippen LogP) is 16.8. The fraction of sp³-hybridized carbons (Fsp3) is 0.982. The minimum atomic E-state index is -2.69. The Hall–Kier alpha value is 0.154. The third kappa shape index (κ3) is 36.4. The van der Waals surface area contributed by atoms with E-state index in [4.69, 9.17) is 43.9 Å². The highest BCUT2D eigenvalue weighted by atomic mass is 28.4. The molecular weight excluding hydrogens is 1020 g/mol. The maximum Gasteiger partial charge on any atom is 0.500 e. The molecule has 0 fully saturated rings. The number of carbonyl (C=O) groups is 1. The summed E-state index contributed by atoms with van der Waals surface area (Å²) in [5, 5.41) is 3.18. The highest BCUT2D eigenvalue weighted by molar-refractivity contribution is 6.84. The van der Waals surface area contributed by atoms with Gasteiger partial charge in [-0.15, -0.1) is 0 Å². The van der Waals surface area contributed by atoms with Crippen LogP contribution in [0.4, 0.5) is 0 Å². The van der Waals surface area contributed by atoms with Gasteiger partial charge >= 0.3 is 26.4 Å². The Bertz CT molecular complexity index is 1190. The van der Waals surface area contributed by atoms with Gasteiger partial charge in [0, 0.05) is 95.1 Å². The maximum atomic E-state index is 12.3. The number of unbranched alkanes of at least 4 members (excludes halogenated alkanes) is 24. The smallest absolute Gasteiger partial charge is 0.455 e. The van der Waals surface area contributed by atoms with Gasteiger partial charge in [-0.2, -0.15) is 0 Å². The molecule has 12 nitrogen and oxygen atoms in total. The molecule has 0 heterocycles. The van der Waals surface area contributed by atoms with Crippen molar-refractivity contribution in [1.82, 2.24) is 5.32 Å². The van der Waals surface area contributed by atoms with Gasteiger partial charge in [0.2, 0.25) is 5.91 Å². The molecule has 0 aromatic rings. The number of amides is 1. The van der Waals surface area contributed by atoms with Crippen molar-refractivity contribution in [2.75, 3.05) is 70.5 Å². The average Bonchev–Trinajstić information content (AvgIpc) is 3.39. The normalized spacial score (nSPS) is 13.1. The number of nitrogens with one attached hydrogen (secondary N) is 1. The van der Waals surface area contributed by atoms with Crippen LogP contribution in [0.5, 0.6) is 0 Å². The van der Waals surface area contributed by atoms with Crippen molar-refractivity contribution in [2.24, 2.45) is 5.41 Å². The Labute approximate surface area is 464 Å². The first kappa shape index (κ1) is 74.2. The second kappa shape index (κ2) is 45.8. The first-order chi connectivity index (χ1) is 35.5. The molecule has 74 heavy (non-hydrogen) atoms. The molecule has 0 radical (unpaired) electrons. The van der Waals surface area contributed by atoms with Crippen molar-refractivity contribution in [2.45, 2.75) is 288 Å². The zero-order valence-electron chi connectivity index (χ0n) is 51.5. The summed E-state index contributed by atoms with van der Waals surface area (Å²) in [6, 6.07) is 4.99. The van der Waals surface area contributed by atoms with Crippen molar-refractivity contribution in [3.05, 3.63) is 0 Å². The van der Waals surface area contributed by atoms with Crippen molar-refractivity contribution in [1.29, 1.82) is 0 Å². The second-order valence-electron chi connectivity index (χ2n) is 23.1. The number of hydrogen-bond acceptors (Lipinski definition) is 11. The summed E-state index contributed by atoms with van der Waals surface area (Å²) in [7, 11) is 4.30. The van der Waals surface area contributed by atoms with E-state index in [0.717, 1.165) is 76.0 Å². The molecule has 0 unspecified atom stereocenters. The summed E-state index contributed by atoms with van der Waals surface area (Å²) >= 11 is 0. The quantitative estimate of drug-likeness (QED) is 0.0463. The van der Waals surface area contributed by atoms with Gasteiger partial charge in [0.05, 0.1) is 0 Å². The van der Waals surface area contributed by atoms with E-state index < -0.39 is 43.0 Å². The molecule has 0 saturated heterocycles. The third-order valence-corrected chi connectivity index (χ3v) is 32.2. The minimum absolute atomic E-state index is 0.127. The van der Waals surface area contributed by atoms with Crippen LogP contribution in [0, 0.1) is 5.41 Å². The van der Waals surface area contributed by atoms with Crippen LogP contribution in [0.2, 0.25) is 56.4 Å². The van der Waals surface area contributed by atoms with Crippen LogP contribution in [-0.2, 0) is 48.7 Å². The van der Waals surface area contributed by atoms with Gasteiger partial charge in [0.15, 0.2) is 16.6 Å². The zero-order chi connectivity index (χ0) is 55.3. The Morgan fingerprint density at radius 1 is 0.338 bits per heavy atom. The van der Waals surface area contributed by atoms with Crippen LogP contribution in [0.1, 0.15) is 232 Å². The monoisotopic (exact) mass is 1140 g/mol. The van der Waals surface area contributed by atoms with Crippen molar-refractivity contribution < 1.29 is 48.7 Å². The van der Waals surface area contributed by atoms with E-state index >= 15 is 0 Å². The average molecular weight is 1140 g/mol. The molecule has 1 amide bonds. The highest BCUT2D eigenvalue weighted by Gasteiger charge is 2.42. The van der Waals surface area contributed by atoms with Crippen molar-refractivity contribution >= 4 is 49.0 Å². The minimum Gasteiger partial charge on any atom is -0.455 e. The van der Waals surface area contributed by atoms with Gasteiger partial charge in [-0.25, -0.2) is 0 Å². The Morgan fingerprint density at radius 2 is 0.608 bits per heavy atom. The molecule has 444 valence electrons. The lowest BCUT2D eigenvalue weighted by Crippen LogP contribution is -2.44. The summed E-state index contributed by atoms with van der Waals surface area (Å²) < 4.78 is 59.2. The molecule has 0 aromatic carbocycles. The lowest BCUT2D eigenvalue weighted by Gasteiger charge is -2.37. The summed E-state index contributed by atoms with van der Waals surface area (Å²) in [6.45, 7) is 12.8. The third-order valence-electron chi connectivity index (χ3n) is 16.2. The van der Waals surface area contributed by atoms with E-state index in [-0.39, 0.29) is 11.3 Å². The zero-order valence-corrected chi connectivity index (χ0v) is 56.5. The predicted molar refractivity (Wildman–Crippen MR) is 323 cm³/mol. The first-order valence-corrected chi connectivity index (χ1v) is 42.5. The molecule has 1 N–H and O–H groups in total. The van der Waals surface area contributed by atoms with Gasteiger partial charge in [0.25, 0.3) is 0 Å². The van der Waals surface area contributed by atoms with E-state index in [9.17, 15) is 4.79 Å². The van der Waals surface area contributed by atoms with Crippen LogP contribution in [0.25, 0.3) is 0 Å². The summed E-state index contributed by atoms with van der Waals surface area (Å²) in [5.41, 5.74) is 0.127. The van der Waals surface area contributed by atoms with E-state index in [1.165, 1.54) is 179 Å². The van der Waals surface area contributed by atoms with Crippen LogP contribution in [0.3, 0.4) is 0 Å². The standard InChI is InChI=1S/C57H125NO11Si5/c1-15-16-51-70(11,12)69-71(13,14)52-41-37-33-29-26-30-34-38-45-56(59)58-50-40-36-32-28-25-23-21-19-17-18-20-22-24-27-31-35-39-46-57(47-42-53-72(60-2,61-3)62-4,48-43-54-73(63-5,64-6)65-7)49-44-55-74(66-8,67-9)68-10/h15-55H2,1-14H3,(H,58,59). The van der Waals surface area contributed by atoms with Crippen molar-refractivity contribution in [3.63, 3.8) is 0 Å². The summed E-state index contributed by atoms with van der Waals surface area (Å²) in [5.74, 6) is 0.252. The van der Waals surface area contributed by atoms with Gasteiger partial charge in [0.1, 0.15) is 0 Å². The van der Waals surface area contributed by atoms with E-state index in [1.54, 1.807) is 64.0 Å². The van der Waals surface area contributed by atoms with Crippen molar-refractivity contribution in [3.8, 4) is 0 Å². The molecule has 0 atom stereocenters. The van der Waals surface area contributed by atoms with Crippen LogP contribution in [0.15, 0.2) is 0 Å². The lowest BCUT2D eigenvalue weighted by atomic mass is 9.72. The molecule has 0 saturated carbocycles. The molecule has 0 aliphatic heterocycles. The Kier molecular flexibility index (Phi) is 45.9. The molecule has 0 aliphatic carbocycles. The lowest BCUT2D eigenvalue weighted by molar-refractivity contribution is -0.121. The van der Waals surface area contributed by atoms with Crippen LogP contribution in [-0.4, -0.2) is 119 Å². The topological polar surface area (TPSA) is 121 Å². The summed E-state index contributed by atoms with van der Waals surface area (Å²) in [6.07, 6.45) is 43.2. The highest BCUT2D eigenvalue weighted by Crippen LogP contribution is 2.44. The van der Waals surface area contributed by atoms with E-state index in [2.05, 4.69) is 38.4 Å². The number of hydrogen-bond donors (Lipinski definition) is 1. The van der Waals surface area contributed by atoms with Gasteiger partial charge in [-0.1, -0.05) is 167 Å². The van der Waals surface area contributed by atoms with Gasteiger partial charge in [-0.05, 0) is 101 Å². The largest absolute Gasteiger partial charge is 0.500 e. The maximum absolute atomic E-state index is 12.3. The van der Waals surface area contributed by atoms with Crippen LogP contribution < -0.4 is 5.32 Å². The fourth-order valence-corrected chi connectivity index (χ4v) is 25.7. The first-order valence-electron chi connectivity index (χ1n) is 30.5. The molecule has 0 bridgehead atoms.